The minimum absolute atomic E-state index is 0.267. The van der Waals surface area contributed by atoms with E-state index in [2.05, 4.69) is 20.2 Å². The number of anilines is 2. The highest BCUT2D eigenvalue weighted by Crippen LogP contribution is 2.23. The van der Waals surface area contributed by atoms with E-state index in [1.807, 2.05) is 48.5 Å². The summed E-state index contributed by atoms with van der Waals surface area (Å²) in [6.07, 6.45) is 2.83. The van der Waals surface area contributed by atoms with Gasteiger partial charge in [-0.2, -0.15) is 0 Å². The molecule has 0 spiro atoms. The smallest absolute Gasteiger partial charge is 0.275 e. The predicted octanol–water partition coefficient (Wildman–Crippen LogP) is 3.11. The Bertz CT molecular complexity index is 927. The van der Waals surface area contributed by atoms with Crippen LogP contribution >= 0.6 is 0 Å². The van der Waals surface area contributed by atoms with Crippen molar-refractivity contribution in [2.45, 2.75) is 12.5 Å². The Morgan fingerprint density at radius 1 is 1.15 bits per heavy atom. The first-order valence-corrected chi connectivity index (χ1v) is 8.64. The van der Waals surface area contributed by atoms with Crippen LogP contribution in [0.4, 0.5) is 11.4 Å². The number of carbonyl (C=O) groups excluding carboxylic acids is 1. The molecule has 1 N–H and O–H groups in total. The third-order valence-corrected chi connectivity index (χ3v) is 4.65. The minimum Gasteiger partial charge on any atom is -0.380 e. The van der Waals surface area contributed by atoms with E-state index in [1.165, 1.54) is 6.20 Å². The van der Waals surface area contributed by atoms with Crippen molar-refractivity contribution in [3.8, 4) is 0 Å². The predicted molar refractivity (Wildman–Crippen MR) is 102 cm³/mol. The summed E-state index contributed by atoms with van der Waals surface area (Å²) in [6.45, 7) is 1.88. The Balaban J connectivity index is 1.45. The fourth-order valence-corrected chi connectivity index (χ4v) is 3.17. The summed E-state index contributed by atoms with van der Waals surface area (Å²) < 4.78 is 5.41. The zero-order valence-electron chi connectivity index (χ0n) is 14.6. The van der Waals surface area contributed by atoms with Crippen LogP contribution < -0.4 is 10.2 Å². The van der Waals surface area contributed by atoms with Gasteiger partial charge >= 0.3 is 0 Å². The number of para-hydroxylation sites is 2. The molecule has 3 aromatic rings. The number of hydrogen-bond donors (Lipinski definition) is 1. The summed E-state index contributed by atoms with van der Waals surface area (Å²) in [6, 6.07) is 15.3. The lowest BCUT2D eigenvalue weighted by atomic mass is 10.2. The summed E-state index contributed by atoms with van der Waals surface area (Å²) in [5.74, 6) is -0.267. The first-order valence-electron chi connectivity index (χ1n) is 8.64. The van der Waals surface area contributed by atoms with E-state index in [-0.39, 0.29) is 5.91 Å². The van der Waals surface area contributed by atoms with Gasteiger partial charge in [0.2, 0.25) is 0 Å². The van der Waals surface area contributed by atoms with Crippen LogP contribution in [0.15, 0.2) is 54.7 Å². The van der Waals surface area contributed by atoms with Gasteiger partial charge in [0.1, 0.15) is 5.69 Å². The van der Waals surface area contributed by atoms with Crippen molar-refractivity contribution >= 4 is 28.3 Å². The highest BCUT2D eigenvalue weighted by Gasteiger charge is 2.22. The Hall–Kier alpha value is -2.99. The molecule has 0 saturated carbocycles. The summed E-state index contributed by atoms with van der Waals surface area (Å²) >= 11 is 0. The highest BCUT2D eigenvalue weighted by atomic mass is 16.5. The fraction of sp³-hybridized carbons (Fsp3) is 0.250. The van der Waals surface area contributed by atoms with Crippen molar-refractivity contribution < 1.29 is 9.53 Å². The number of fused-ring (bicyclic) bond motifs is 1. The second kappa shape index (κ2) is 7.09. The summed E-state index contributed by atoms with van der Waals surface area (Å²) in [5, 5.41) is 2.88. The molecule has 0 aliphatic carbocycles. The molecule has 1 aliphatic heterocycles. The van der Waals surface area contributed by atoms with Crippen LogP contribution in [0.3, 0.4) is 0 Å². The van der Waals surface area contributed by atoms with E-state index in [4.69, 9.17) is 4.74 Å². The molecular weight excluding hydrogens is 328 g/mol. The normalized spacial score (nSPS) is 16.8. The molecule has 1 aliphatic rings. The zero-order chi connectivity index (χ0) is 17.9. The SMILES string of the molecule is COC1CCN(c2ccc(NC(=O)c3cnc4ccccc4n3)cc2)C1. The quantitative estimate of drug-likeness (QED) is 0.785. The van der Waals surface area contributed by atoms with Crippen LogP contribution in [0, 0.1) is 0 Å². The molecule has 1 saturated heterocycles. The molecule has 0 radical (unpaired) electrons. The maximum Gasteiger partial charge on any atom is 0.275 e. The number of amides is 1. The molecular formula is C20H20N4O2. The maximum absolute atomic E-state index is 12.4. The number of aromatic nitrogens is 2. The topological polar surface area (TPSA) is 67.3 Å². The molecule has 0 bridgehead atoms. The molecule has 6 heteroatoms. The van der Waals surface area contributed by atoms with E-state index < -0.39 is 0 Å². The molecule has 26 heavy (non-hydrogen) atoms. The average molecular weight is 348 g/mol. The number of methoxy groups -OCH3 is 1. The van der Waals surface area contributed by atoms with Crippen molar-refractivity contribution in [1.29, 1.82) is 0 Å². The highest BCUT2D eigenvalue weighted by molar-refractivity contribution is 6.03. The van der Waals surface area contributed by atoms with Crippen LogP contribution in [-0.2, 0) is 4.74 Å². The van der Waals surface area contributed by atoms with Gasteiger partial charge in [-0.1, -0.05) is 12.1 Å². The van der Waals surface area contributed by atoms with Gasteiger partial charge in [0, 0.05) is 31.6 Å². The fourth-order valence-electron chi connectivity index (χ4n) is 3.17. The second-order valence-electron chi connectivity index (χ2n) is 6.34. The largest absolute Gasteiger partial charge is 0.380 e. The molecule has 1 aromatic heterocycles. The first kappa shape index (κ1) is 16.5. The molecule has 132 valence electrons. The van der Waals surface area contributed by atoms with E-state index in [1.54, 1.807) is 7.11 Å². The third kappa shape index (κ3) is 3.36. The van der Waals surface area contributed by atoms with E-state index in [0.29, 0.717) is 17.3 Å². The van der Waals surface area contributed by atoms with Gasteiger partial charge in [-0.25, -0.2) is 4.98 Å². The molecule has 1 unspecified atom stereocenters. The Labute approximate surface area is 151 Å². The number of nitrogens with one attached hydrogen (secondary N) is 1. The van der Waals surface area contributed by atoms with E-state index in [9.17, 15) is 4.79 Å². The van der Waals surface area contributed by atoms with Gasteiger partial charge in [0.25, 0.3) is 5.91 Å². The van der Waals surface area contributed by atoms with Gasteiger partial charge < -0.3 is 15.0 Å². The molecule has 4 rings (SSSR count). The zero-order valence-corrected chi connectivity index (χ0v) is 14.6. The van der Waals surface area contributed by atoms with Crippen LogP contribution in [-0.4, -0.2) is 42.2 Å². The lowest BCUT2D eigenvalue weighted by molar-refractivity contribution is 0.102. The number of hydrogen-bond acceptors (Lipinski definition) is 5. The molecule has 2 heterocycles. The van der Waals surface area contributed by atoms with Gasteiger partial charge in [-0.3, -0.25) is 9.78 Å². The Kier molecular flexibility index (Phi) is 4.50. The number of ether oxygens (including phenoxy) is 1. The van der Waals surface area contributed by atoms with Crippen molar-refractivity contribution in [2.24, 2.45) is 0 Å². The van der Waals surface area contributed by atoms with E-state index >= 15 is 0 Å². The van der Waals surface area contributed by atoms with Crippen molar-refractivity contribution in [3.05, 3.63) is 60.4 Å². The summed E-state index contributed by atoms with van der Waals surface area (Å²) in [5.41, 5.74) is 3.64. The molecule has 1 atom stereocenters. The van der Waals surface area contributed by atoms with Crippen molar-refractivity contribution in [3.63, 3.8) is 0 Å². The molecule has 6 nitrogen and oxygen atoms in total. The number of carbonyl (C=O) groups is 1. The van der Waals surface area contributed by atoms with E-state index in [0.717, 1.165) is 36.4 Å². The van der Waals surface area contributed by atoms with Gasteiger partial charge in [-0.05, 0) is 42.8 Å². The van der Waals surface area contributed by atoms with Crippen LogP contribution in [0.2, 0.25) is 0 Å². The second-order valence-corrected chi connectivity index (χ2v) is 6.34. The lowest BCUT2D eigenvalue weighted by Crippen LogP contribution is -2.22. The van der Waals surface area contributed by atoms with Crippen LogP contribution in [0.25, 0.3) is 11.0 Å². The molecule has 2 aromatic carbocycles. The van der Waals surface area contributed by atoms with Crippen molar-refractivity contribution in [2.75, 3.05) is 30.4 Å². The molecule has 1 fully saturated rings. The van der Waals surface area contributed by atoms with Crippen LogP contribution in [0.5, 0.6) is 0 Å². The molecule has 1 amide bonds. The van der Waals surface area contributed by atoms with Gasteiger partial charge in [-0.15, -0.1) is 0 Å². The van der Waals surface area contributed by atoms with Gasteiger partial charge in [0.15, 0.2) is 0 Å². The van der Waals surface area contributed by atoms with Gasteiger partial charge in [0.05, 0.1) is 23.3 Å². The standard InChI is InChI=1S/C20H20N4O2/c1-26-16-10-11-24(13-16)15-8-6-14(7-9-15)22-20(25)19-12-21-17-4-2-3-5-18(17)23-19/h2-9,12,16H,10-11,13H2,1H3,(H,22,25). The van der Waals surface area contributed by atoms with Crippen LogP contribution in [0.1, 0.15) is 16.9 Å². The Morgan fingerprint density at radius 3 is 2.65 bits per heavy atom. The number of nitrogens with zero attached hydrogens (tertiary/aromatic N) is 3. The minimum atomic E-state index is -0.267. The third-order valence-electron chi connectivity index (χ3n) is 4.65. The monoisotopic (exact) mass is 348 g/mol. The maximum atomic E-state index is 12.4. The average Bonchev–Trinajstić information content (AvgIpc) is 3.17. The summed E-state index contributed by atoms with van der Waals surface area (Å²) in [4.78, 5) is 23.4. The Morgan fingerprint density at radius 2 is 1.92 bits per heavy atom. The lowest BCUT2D eigenvalue weighted by Gasteiger charge is -2.18. The number of benzene rings is 2. The van der Waals surface area contributed by atoms with Crippen molar-refractivity contribution in [1.82, 2.24) is 9.97 Å². The number of rotatable bonds is 4. The first-order chi connectivity index (χ1) is 12.7. The summed E-state index contributed by atoms with van der Waals surface area (Å²) in [7, 11) is 1.75.